The molecule has 12 heavy (non-hydrogen) atoms. The third-order valence-corrected chi connectivity index (χ3v) is 2.97. The van der Waals surface area contributed by atoms with Crippen molar-refractivity contribution in [3.05, 3.63) is 0 Å². The lowest BCUT2D eigenvalue weighted by Crippen LogP contribution is -2.52. The van der Waals surface area contributed by atoms with Gasteiger partial charge < -0.3 is 5.11 Å². The Balaban J connectivity index is 2.28. The maximum Gasteiger partial charge on any atom is 0.0768 e. The minimum atomic E-state index is -0.430. The first kappa shape index (κ1) is 10.0. The van der Waals surface area contributed by atoms with E-state index >= 15 is 0 Å². The molecule has 1 rings (SSSR count). The zero-order valence-corrected chi connectivity index (χ0v) is 8.51. The lowest BCUT2D eigenvalue weighted by molar-refractivity contribution is -0.0331. The van der Waals surface area contributed by atoms with Crippen LogP contribution in [0.25, 0.3) is 0 Å². The van der Waals surface area contributed by atoms with Gasteiger partial charge in [-0.25, -0.2) is 0 Å². The van der Waals surface area contributed by atoms with Crippen molar-refractivity contribution in [3.8, 4) is 0 Å². The Hall–Kier alpha value is -0.0800. The molecule has 0 bridgehead atoms. The molecule has 0 atom stereocenters. The monoisotopic (exact) mass is 171 g/mol. The normalized spacial score (nSPS) is 21.0. The van der Waals surface area contributed by atoms with E-state index in [0.29, 0.717) is 0 Å². The number of likely N-dealkylation sites (tertiary alicyclic amines) is 1. The standard InChI is InChI=1S/C10H21NO/c1-4-10(12,5-2)8-11-6-9(3)7-11/h9,12H,4-8H2,1-3H3. The molecular formula is C10H21NO. The number of hydrogen-bond acceptors (Lipinski definition) is 2. The quantitative estimate of drug-likeness (QED) is 0.692. The maximum absolute atomic E-state index is 10.0. The molecule has 0 saturated carbocycles. The van der Waals surface area contributed by atoms with E-state index in [9.17, 15) is 5.11 Å². The van der Waals surface area contributed by atoms with E-state index < -0.39 is 5.60 Å². The molecule has 2 nitrogen and oxygen atoms in total. The summed E-state index contributed by atoms with van der Waals surface area (Å²) in [6.45, 7) is 9.59. The summed E-state index contributed by atoms with van der Waals surface area (Å²) in [7, 11) is 0. The van der Waals surface area contributed by atoms with Crippen molar-refractivity contribution in [3.63, 3.8) is 0 Å². The molecule has 0 aromatic heterocycles. The van der Waals surface area contributed by atoms with E-state index in [2.05, 4.69) is 25.7 Å². The van der Waals surface area contributed by atoms with Crippen molar-refractivity contribution < 1.29 is 5.11 Å². The van der Waals surface area contributed by atoms with Crippen LogP contribution in [-0.4, -0.2) is 35.2 Å². The first-order chi connectivity index (χ1) is 5.59. The molecule has 1 fully saturated rings. The molecule has 1 aliphatic rings. The van der Waals surface area contributed by atoms with Crippen LogP contribution >= 0.6 is 0 Å². The van der Waals surface area contributed by atoms with E-state index in [1.807, 2.05) is 0 Å². The van der Waals surface area contributed by atoms with Gasteiger partial charge in [-0.05, 0) is 18.8 Å². The first-order valence-electron chi connectivity index (χ1n) is 5.04. The third kappa shape index (κ3) is 2.20. The lowest BCUT2D eigenvalue weighted by atomic mass is 9.93. The van der Waals surface area contributed by atoms with Gasteiger partial charge in [0.1, 0.15) is 0 Å². The van der Waals surface area contributed by atoms with Gasteiger partial charge in [-0.3, -0.25) is 4.90 Å². The summed E-state index contributed by atoms with van der Waals surface area (Å²) in [5, 5.41) is 10.0. The topological polar surface area (TPSA) is 23.5 Å². The Morgan fingerprint density at radius 3 is 2.17 bits per heavy atom. The van der Waals surface area contributed by atoms with Crippen LogP contribution in [-0.2, 0) is 0 Å². The SMILES string of the molecule is CCC(O)(CC)CN1CC(C)C1. The molecule has 0 amide bonds. The number of rotatable bonds is 4. The minimum Gasteiger partial charge on any atom is -0.389 e. The van der Waals surface area contributed by atoms with Gasteiger partial charge >= 0.3 is 0 Å². The molecule has 1 heterocycles. The van der Waals surface area contributed by atoms with Gasteiger partial charge in [-0.15, -0.1) is 0 Å². The molecule has 0 aromatic rings. The second-order valence-corrected chi connectivity index (χ2v) is 4.23. The largest absolute Gasteiger partial charge is 0.389 e. The van der Waals surface area contributed by atoms with E-state index in [1.165, 1.54) is 13.1 Å². The second-order valence-electron chi connectivity index (χ2n) is 4.23. The van der Waals surface area contributed by atoms with E-state index in [-0.39, 0.29) is 0 Å². The smallest absolute Gasteiger partial charge is 0.0768 e. The first-order valence-corrected chi connectivity index (χ1v) is 5.04. The molecule has 0 aliphatic carbocycles. The van der Waals surface area contributed by atoms with Crippen molar-refractivity contribution in [2.24, 2.45) is 5.92 Å². The Morgan fingerprint density at radius 2 is 1.83 bits per heavy atom. The summed E-state index contributed by atoms with van der Waals surface area (Å²) in [6.07, 6.45) is 1.74. The van der Waals surface area contributed by atoms with Crippen LogP contribution in [0.5, 0.6) is 0 Å². The van der Waals surface area contributed by atoms with E-state index in [0.717, 1.165) is 25.3 Å². The molecule has 0 spiro atoms. The summed E-state index contributed by atoms with van der Waals surface area (Å²) in [5.41, 5.74) is -0.430. The highest BCUT2D eigenvalue weighted by Gasteiger charge is 2.31. The van der Waals surface area contributed by atoms with Crippen molar-refractivity contribution in [2.75, 3.05) is 19.6 Å². The summed E-state index contributed by atoms with van der Waals surface area (Å²) in [4.78, 5) is 2.34. The van der Waals surface area contributed by atoms with Crippen LogP contribution in [0.15, 0.2) is 0 Å². The molecule has 2 heteroatoms. The molecule has 1 aliphatic heterocycles. The maximum atomic E-state index is 10.0. The van der Waals surface area contributed by atoms with Gasteiger partial charge in [0.15, 0.2) is 0 Å². The fourth-order valence-corrected chi connectivity index (χ4v) is 1.85. The Bertz CT molecular complexity index is 137. The zero-order valence-electron chi connectivity index (χ0n) is 8.51. The van der Waals surface area contributed by atoms with Gasteiger partial charge in [0.05, 0.1) is 5.60 Å². The predicted molar refractivity (Wildman–Crippen MR) is 51.1 cm³/mol. The highest BCUT2D eigenvalue weighted by molar-refractivity contribution is 4.85. The summed E-state index contributed by atoms with van der Waals surface area (Å²) in [5.74, 6) is 0.836. The molecule has 72 valence electrons. The Kier molecular flexibility index (Phi) is 3.13. The van der Waals surface area contributed by atoms with Crippen molar-refractivity contribution in [2.45, 2.75) is 39.2 Å². The molecule has 0 aromatic carbocycles. The van der Waals surface area contributed by atoms with E-state index in [1.54, 1.807) is 0 Å². The van der Waals surface area contributed by atoms with Gasteiger partial charge in [-0.1, -0.05) is 20.8 Å². The summed E-state index contributed by atoms with van der Waals surface area (Å²) >= 11 is 0. The number of hydrogen-bond donors (Lipinski definition) is 1. The fourth-order valence-electron chi connectivity index (χ4n) is 1.85. The van der Waals surface area contributed by atoms with Crippen LogP contribution in [0.2, 0.25) is 0 Å². The molecular weight excluding hydrogens is 150 g/mol. The Morgan fingerprint density at radius 1 is 1.33 bits per heavy atom. The van der Waals surface area contributed by atoms with Gasteiger partial charge in [0.25, 0.3) is 0 Å². The molecule has 1 N–H and O–H groups in total. The van der Waals surface area contributed by atoms with Crippen molar-refractivity contribution >= 4 is 0 Å². The molecule has 0 radical (unpaired) electrons. The molecule has 0 unspecified atom stereocenters. The average molecular weight is 171 g/mol. The number of aliphatic hydroxyl groups is 1. The Labute approximate surface area is 75.6 Å². The second kappa shape index (κ2) is 3.75. The highest BCUT2D eigenvalue weighted by Crippen LogP contribution is 2.22. The summed E-state index contributed by atoms with van der Waals surface area (Å²) in [6, 6.07) is 0. The number of β-amino-alcohol motifs (C(OH)–C–C–N with tert-alkyl or cyclic N) is 1. The zero-order chi connectivity index (χ0) is 9.19. The van der Waals surface area contributed by atoms with Crippen LogP contribution in [0.3, 0.4) is 0 Å². The van der Waals surface area contributed by atoms with Gasteiger partial charge in [0, 0.05) is 19.6 Å². The van der Waals surface area contributed by atoms with Crippen LogP contribution in [0.4, 0.5) is 0 Å². The van der Waals surface area contributed by atoms with Gasteiger partial charge in [-0.2, -0.15) is 0 Å². The van der Waals surface area contributed by atoms with Crippen LogP contribution in [0, 0.1) is 5.92 Å². The van der Waals surface area contributed by atoms with Crippen LogP contribution < -0.4 is 0 Å². The average Bonchev–Trinajstić information content (AvgIpc) is 2.02. The summed E-state index contributed by atoms with van der Waals surface area (Å²) < 4.78 is 0. The fraction of sp³-hybridized carbons (Fsp3) is 1.00. The van der Waals surface area contributed by atoms with Crippen LogP contribution in [0.1, 0.15) is 33.6 Å². The number of nitrogens with zero attached hydrogens (tertiary/aromatic N) is 1. The van der Waals surface area contributed by atoms with Crippen molar-refractivity contribution in [1.29, 1.82) is 0 Å². The van der Waals surface area contributed by atoms with E-state index in [4.69, 9.17) is 0 Å². The lowest BCUT2D eigenvalue weighted by Gasteiger charge is -2.42. The van der Waals surface area contributed by atoms with Gasteiger partial charge in [0.2, 0.25) is 0 Å². The predicted octanol–water partition coefficient (Wildman–Crippen LogP) is 1.49. The minimum absolute atomic E-state index is 0.430. The molecule has 1 saturated heterocycles. The highest BCUT2D eigenvalue weighted by atomic mass is 16.3. The van der Waals surface area contributed by atoms with Crippen molar-refractivity contribution in [1.82, 2.24) is 4.90 Å². The third-order valence-electron chi connectivity index (χ3n) is 2.97.